The molecule has 0 amide bonds. The second-order valence-electron chi connectivity index (χ2n) is 6.10. The fraction of sp³-hybridized carbons (Fsp3) is 0.562. The quantitative estimate of drug-likeness (QED) is 0.455. The van der Waals surface area contributed by atoms with Gasteiger partial charge in [0.2, 0.25) is 0 Å². The first-order valence-electron chi connectivity index (χ1n) is 7.95. The number of rotatable bonds is 7. The number of carboxylic acids is 1. The summed E-state index contributed by atoms with van der Waals surface area (Å²) < 4.78 is 0. The van der Waals surface area contributed by atoms with Crippen molar-refractivity contribution < 1.29 is 14.8 Å². The van der Waals surface area contributed by atoms with E-state index in [4.69, 9.17) is 5.11 Å². The molecule has 0 spiro atoms. The minimum absolute atomic E-state index is 0.0790. The molecule has 2 rings (SSSR count). The highest BCUT2D eigenvalue weighted by molar-refractivity contribution is 5.89. The van der Waals surface area contributed by atoms with Gasteiger partial charge in [0.05, 0.1) is 10.5 Å². The summed E-state index contributed by atoms with van der Waals surface area (Å²) >= 11 is 0. The Balaban J connectivity index is 1.85. The van der Waals surface area contributed by atoms with Crippen molar-refractivity contribution in [2.24, 2.45) is 5.92 Å². The highest BCUT2D eigenvalue weighted by Crippen LogP contribution is 2.25. The second kappa shape index (κ2) is 7.92. The van der Waals surface area contributed by atoms with Gasteiger partial charge in [-0.15, -0.1) is 0 Å². The van der Waals surface area contributed by atoms with Crippen molar-refractivity contribution >= 4 is 17.3 Å². The van der Waals surface area contributed by atoms with Gasteiger partial charge >= 0.3 is 5.97 Å². The van der Waals surface area contributed by atoms with Crippen LogP contribution in [0.25, 0.3) is 0 Å². The van der Waals surface area contributed by atoms with Gasteiger partial charge in [-0.05, 0) is 56.9 Å². The average Bonchev–Trinajstić information content (AvgIpc) is 2.53. The Labute approximate surface area is 135 Å². The van der Waals surface area contributed by atoms with Gasteiger partial charge in [-0.1, -0.05) is 6.92 Å². The maximum absolute atomic E-state index is 11.1. The van der Waals surface area contributed by atoms with E-state index in [1.165, 1.54) is 25.0 Å². The summed E-state index contributed by atoms with van der Waals surface area (Å²) in [4.78, 5) is 23.8. The Morgan fingerprint density at radius 1 is 1.43 bits per heavy atom. The molecule has 1 aromatic carbocycles. The molecular weight excluding hydrogens is 298 g/mol. The summed E-state index contributed by atoms with van der Waals surface area (Å²) in [6, 6.07) is 3.94. The monoisotopic (exact) mass is 321 g/mol. The number of carbonyl (C=O) groups is 1. The van der Waals surface area contributed by atoms with Gasteiger partial charge in [0.25, 0.3) is 5.69 Å². The number of benzene rings is 1. The van der Waals surface area contributed by atoms with Crippen molar-refractivity contribution in [3.8, 4) is 0 Å². The van der Waals surface area contributed by atoms with E-state index in [-0.39, 0.29) is 11.3 Å². The van der Waals surface area contributed by atoms with Gasteiger partial charge in [0.15, 0.2) is 0 Å². The van der Waals surface area contributed by atoms with E-state index in [0.29, 0.717) is 12.2 Å². The number of nitrogens with one attached hydrogen (secondary N) is 1. The number of carboxylic acid groups (broad SMARTS) is 1. The standard InChI is InChI=1S/C16H23N3O4/c1-12-5-9-18(10-6-12)8-2-7-17-14-4-3-13(16(20)21)11-15(14)19(22)23/h3-4,11-12,17H,2,5-10H2,1H3,(H,20,21). The van der Waals surface area contributed by atoms with E-state index >= 15 is 0 Å². The number of nitro benzene ring substituents is 1. The molecule has 1 saturated heterocycles. The van der Waals surface area contributed by atoms with Crippen molar-refractivity contribution in [2.45, 2.75) is 26.2 Å². The third-order valence-corrected chi connectivity index (χ3v) is 4.28. The van der Waals surface area contributed by atoms with Gasteiger partial charge in [0.1, 0.15) is 5.69 Å². The van der Waals surface area contributed by atoms with Gasteiger partial charge in [-0.3, -0.25) is 10.1 Å². The maximum Gasteiger partial charge on any atom is 0.335 e. The third-order valence-electron chi connectivity index (χ3n) is 4.28. The minimum atomic E-state index is -1.17. The molecule has 1 fully saturated rings. The van der Waals surface area contributed by atoms with Gasteiger partial charge in [0, 0.05) is 12.6 Å². The second-order valence-corrected chi connectivity index (χ2v) is 6.10. The molecule has 7 nitrogen and oxygen atoms in total. The molecule has 0 radical (unpaired) electrons. The molecule has 0 atom stereocenters. The van der Waals surface area contributed by atoms with E-state index in [2.05, 4.69) is 17.1 Å². The van der Waals surface area contributed by atoms with Crippen molar-refractivity contribution in [3.63, 3.8) is 0 Å². The third kappa shape index (κ3) is 4.92. The number of hydrogen-bond donors (Lipinski definition) is 2. The summed E-state index contributed by atoms with van der Waals surface area (Å²) in [5.74, 6) is -0.362. The molecule has 0 aromatic heterocycles. The van der Waals surface area contributed by atoms with Crippen LogP contribution in [0.2, 0.25) is 0 Å². The van der Waals surface area contributed by atoms with Crippen LogP contribution < -0.4 is 5.32 Å². The van der Waals surface area contributed by atoms with Crippen LogP contribution in [-0.2, 0) is 0 Å². The predicted molar refractivity (Wildman–Crippen MR) is 88.0 cm³/mol. The Kier molecular flexibility index (Phi) is 5.92. The first-order valence-corrected chi connectivity index (χ1v) is 7.95. The summed E-state index contributed by atoms with van der Waals surface area (Å²) in [6.45, 7) is 6.11. The predicted octanol–water partition coefficient (Wildman–Crippen LogP) is 2.83. The summed E-state index contributed by atoms with van der Waals surface area (Å²) in [5.41, 5.74) is 0.0913. The number of likely N-dealkylation sites (tertiary alicyclic amines) is 1. The molecule has 1 aromatic rings. The van der Waals surface area contributed by atoms with Crippen LogP contribution in [0, 0.1) is 16.0 Å². The molecule has 2 N–H and O–H groups in total. The van der Waals surface area contributed by atoms with Crippen LogP contribution in [0.4, 0.5) is 11.4 Å². The molecular formula is C16H23N3O4. The zero-order valence-electron chi connectivity index (χ0n) is 13.3. The van der Waals surface area contributed by atoms with Gasteiger partial charge in [-0.25, -0.2) is 4.79 Å². The lowest BCUT2D eigenvalue weighted by Gasteiger charge is -2.30. The molecule has 0 bridgehead atoms. The van der Waals surface area contributed by atoms with E-state index in [1.807, 2.05) is 0 Å². The topological polar surface area (TPSA) is 95.7 Å². The van der Waals surface area contributed by atoms with Crippen LogP contribution in [0.5, 0.6) is 0 Å². The molecule has 1 aliphatic heterocycles. The number of piperidine rings is 1. The van der Waals surface area contributed by atoms with Gasteiger partial charge < -0.3 is 15.3 Å². The van der Waals surface area contributed by atoms with Crippen LogP contribution in [0.1, 0.15) is 36.5 Å². The molecule has 1 aliphatic rings. The Hall–Kier alpha value is -2.15. The number of hydrogen-bond acceptors (Lipinski definition) is 5. The Morgan fingerprint density at radius 2 is 2.13 bits per heavy atom. The lowest BCUT2D eigenvalue weighted by Crippen LogP contribution is -2.34. The van der Waals surface area contributed by atoms with Crippen molar-refractivity contribution in [1.82, 2.24) is 4.90 Å². The molecule has 0 saturated carbocycles. The number of aromatic carboxylic acids is 1. The number of nitrogens with zero attached hydrogens (tertiary/aromatic N) is 2. The summed E-state index contributed by atoms with van der Waals surface area (Å²) in [5, 5.41) is 23.0. The summed E-state index contributed by atoms with van der Waals surface area (Å²) in [6.07, 6.45) is 3.36. The fourth-order valence-electron chi connectivity index (χ4n) is 2.78. The summed E-state index contributed by atoms with van der Waals surface area (Å²) in [7, 11) is 0. The molecule has 1 heterocycles. The molecule has 0 unspecified atom stereocenters. The van der Waals surface area contributed by atoms with Crippen LogP contribution in [0.3, 0.4) is 0 Å². The van der Waals surface area contributed by atoms with Crippen molar-refractivity contribution in [1.29, 1.82) is 0 Å². The normalized spacial score (nSPS) is 16.2. The molecule has 23 heavy (non-hydrogen) atoms. The Morgan fingerprint density at radius 3 is 2.74 bits per heavy atom. The zero-order chi connectivity index (χ0) is 16.8. The van der Waals surface area contributed by atoms with Crippen molar-refractivity contribution in [3.05, 3.63) is 33.9 Å². The minimum Gasteiger partial charge on any atom is -0.478 e. The smallest absolute Gasteiger partial charge is 0.335 e. The fourth-order valence-corrected chi connectivity index (χ4v) is 2.78. The molecule has 7 heteroatoms. The number of anilines is 1. The lowest BCUT2D eigenvalue weighted by atomic mass is 9.99. The SMILES string of the molecule is CC1CCN(CCCNc2ccc(C(=O)O)cc2[N+](=O)[O-])CC1. The Bertz CT molecular complexity index is 568. The van der Waals surface area contributed by atoms with E-state index in [1.54, 1.807) is 0 Å². The van der Waals surface area contributed by atoms with E-state index in [0.717, 1.165) is 38.0 Å². The van der Waals surface area contributed by atoms with Crippen LogP contribution in [0.15, 0.2) is 18.2 Å². The first-order chi connectivity index (χ1) is 11.0. The van der Waals surface area contributed by atoms with Gasteiger partial charge in [-0.2, -0.15) is 0 Å². The average molecular weight is 321 g/mol. The maximum atomic E-state index is 11.1. The molecule has 0 aliphatic carbocycles. The highest BCUT2D eigenvalue weighted by Gasteiger charge is 2.18. The zero-order valence-corrected chi connectivity index (χ0v) is 13.3. The number of nitro groups is 1. The molecule has 126 valence electrons. The van der Waals surface area contributed by atoms with Crippen LogP contribution in [-0.4, -0.2) is 47.1 Å². The van der Waals surface area contributed by atoms with E-state index in [9.17, 15) is 14.9 Å². The van der Waals surface area contributed by atoms with Crippen LogP contribution >= 0.6 is 0 Å². The van der Waals surface area contributed by atoms with Crippen molar-refractivity contribution in [2.75, 3.05) is 31.5 Å². The first kappa shape index (κ1) is 17.2. The van der Waals surface area contributed by atoms with E-state index < -0.39 is 10.9 Å². The lowest BCUT2D eigenvalue weighted by molar-refractivity contribution is -0.384. The largest absolute Gasteiger partial charge is 0.478 e. The highest BCUT2D eigenvalue weighted by atomic mass is 16.6.